The van der Waals surface area contributed by atoms with Gasteiger partial charge < -0.3 is 4.90 Å². The van der Waals surface area contributed by atoms with Gasteiger partial charge in [0.25, 0.3) is 0 Å². The van der Waals surface area contributed by atoms with Crippen molar-refractivity contribution in [2.45, 2.75) is 0 Å². The summed E-state index contributed by atoms with van der Waals surface area (Å²) >= 11 is 1.83. The molecule has 0 fully saturated rings. The van der Waals surface area contributed by atoms with Crippen molar-refractivity contribution >= 4 is 27.2 Å². The molecular formula is C16H19N3S+2. The first kappa shape index (κ1) is 13.1. The number of nitrogens with one attached hydrogen (secondary N) is 1. The predicted molar refractivity (Wildman–Crippen MR) is 86.4 cm³/mol. The third-order valence-electron chi connectivity index (χ3n) is 3.45. The minimum atomic E-state index is 1.19. The molecule has 0 atom stereocenters. The summed E-state index contributed by atoms with van der Waals surface area (Å²) in [4.78, 5) is 6.92. The Kier molecular flexibility index (Phi) is 3.18. The molecule has 1 aromatic rings. The zero-order valence-electron chi connectivity index (χ0n) is 12.3. The lowest BCUT2D eigenvalue weighted by Crippen LogP contribution is -2.22. The molecule has 102 valence electrons. The van der Waals surface area contributed by atoms with E-state index < -0.39 is 0 Å². The van der Waals surface area contributed by atoms with Crippen molar-refractivity contribution in [2.24, 2.45) is 0 Å². The molecule has 0 saturated heterocycles. The molecule has 1 aliphatic heterocycles. The average molecular weight is 285 g/mol. The van der Waals surface area contributed by atoms with Gasteiger partial charge in [-0.25, -0.2) is 9.56 Å². The lowest BCUT2D eigenvalue weighted by Gasteiger charge is -2.11. The van der Waals surface area contributed by atoms with Crippen molar-refractivity contribution in [1.82, 2.24) is 4.58 Å². The molecule has 20 heavy (non-hydrogen) atoms. The zero-order chi connectivity index (χ0) is 14.3. The fourth-order valence-corrected chi connectivity index (χ4v) is 3.27. The summed E-state index contributed by atoms with van der Waals surface area (Å²) < 4.78 is 3.41. The maximum absolute atomic E-state index is 3.51. The van der Waals surface area contributed by atoms with E-state index in [2.05, 4.69) is 79.0 Å². The van der Waals surface area contributed by atoms with Gasteiger partial charge in [0.15, 0.2) is 0 Å². The smallest absolute Gasteiger partial charge is 0.221 e. The van der Waals surface area contributed by atoms with E-state index >= 15 is 0 Å². The second-order valence-corrected chi connectivity index (χ2v) is 6.46. The molecule has 0 amide bonds. The number of hydrogen-bond acceptors (Lipinski definition) is 2. The Balaban J connectivity index is 2.31. The number of benzene rings is 2. The van der Waals surface area contributed by atoms with E-state index in [1.54, 1.807) is 0 Å². The molecule has 2 aliphatic rings. The summed E-state index contributed by atoms with van der Waals surface area (Å²) in [7, 11) is 8.28. The number of hydrogen-bond donors (Lipinski definition) is 0. The molecule has 0 radical (unpaired) electrons. The molecule has 4 heteroatoms. The molecule has 0 saturated carbocycles. The highest BCUT2D eigenvalue weighted by molar-refractivity contribution is 7.21. The van der Waals surface area contributed by atoms with Gasteiger partial charge in [-0.2, -0.15) is 0 Å². The van der Waals surface area contributed by atoms with Crippen LogP contribution in [0.2, 0.25) is 0 Å². The largest absolute Gasteiger partial charge is 0.378 e. The second kappa shape index (κ2) is 4.87. The van der Waals surface area contributed by atoms with Gasteiger partial charge in [0.2, 0.25) is 16.6 Å². The molecule has 0 bridgehead atoms. The van der Waals surface area contributed by atoms with E-state index in [4.69, 9.17) is 0 Å². The van der Waals surface area contributed by atoms with Gasteiger partial charge in [-0.1, -0.05) is 0 Å². The summed E-state index contributed by atoms with van der Waals surface area (Å²) in [6.07, 6.45) is 0. The molecule has 0 spiro atoms. The van der Waals surface area contributed by atoms with Crippen LogP contribution in [0.4, 0.5) is 5.69 Å². The summed E-state index contributed by atoms with van der Waals surface area (Å²) in [6.45, 7) is 0. The normalized spacial score (nSPS) is 11.0. The molecule has 0 unspecified atom stereocenters. The fraction of sp³-hybridized carbons (Fsp3) is 0.250. The summed E-state index contributed by atoms with van der Waals surface area (Å²) in [5.74, 6) is 0. The van der Waals surface area contributed by atoms with Crippen LogP contribution >= 0.6 is 11.3 Å². The van der Waals surface area contributed by atoms with Gasteiger partial charge in [0.1, 0.15) is 23.7 Å². The molecule has 1 aliphatic carbocycles. The Hall–Kier alpha value is -1.94. The van der Waals surface area contributed by atoms with Crippen LogP contribution in [0.15, 0.2) is 36.4 Å². The van der Waals surface area contributed by atoms with Crippen LogP contribution in [0.3, 0.4) is 0 Å². The molecule has 1 N–H and O–H groups in total. The van der Waals surface area contributed by atoms with E-state index in [-0.39, 0.29) is 0 Å². The van der Waals surface area contributed by atoms with Gasteiger partial charge in [-0.15, -0.1) is 11.3 Å². The topological polar surface area (TPSA) is 20.4 Å². The zero-order valence-corrected chi connectivity index (χ0v) is 13.1. The summed E-state index contributed by atoms with van der Waals surface area (Å²) in [5, 5.41) is 1.23. The van der Waals surface area contributed by atoms with Crippen LogP contribution in [0.1, 0.15) is 0 Å². The Labute approximate surface area is 122 Å². The quantitative estimate of drug-likeness (QED) is 0.494. The number of aromatic amines is 1. The highest BCUT2D eigenvalue weighted by Gasteiger charge is 2.14. The first-order valence-corrected chi connectivity index (χ1v) is 7.44. The standard InChI is InChI=1S/C16H18N3S/c1-18(2)11-5-7-13-15(9-11)20-16-10-12(19(3)4)6-8-14(16)17-13/h5-10H,1-4H3/q+1/p+1. The van der Waals surface area contributed by atoms with E-state index in [1.165, 1.54) is 31.8 Å². The SMILES string of the molecule is CN(C)c1ccc2[nH+]c3ccc(=[N+](C)C)cc-3sc2c1. The molecule has 0 aromatic heterocycles. The van der Waals surface area contributed by atoms with Crippen LogP contribution in [-0.2, 0) is 0 Å². The second-order valence-electron chi connectivity index (χ2n) is 5.38. The fourth-order valence-electron chi connectivity index (χ4n) is 2.22. The number of nitrogens with zero attached hydrogens (tertiary/aromatic N) is 2. The van der Waals surface area contributed by atoms with Crippen LogP contribution in [0.5, 0.6) is 0 Å². The third-order valence-corrected chi connectivity index (χ3v) is 4.57. The van der Waals surface area contributed by atoms with E-state index in [0.29, 0.717) is 0 Å². The average Bonchev–Trinajstić information content (AvgIpc) is 2.43. The first-order valence-electron chi connectivity index (χ1n) is 6.62. The lowest BCUT2D eigenvalue weighted by molar-refractivity contribution is -0.330. The first-order chi connectivity index (χ1) is 9.54. The van der Waals surface area contributed by atoms with Crippen molar-refractivity contribution in [3.8, 4) is 10.6 Å². The number of rotatable bonds is 1. The molecule has 1 aromatic carbocycles. The van der Waals surface area contributed by atoms with Crippen molar-refractivity contribution in [1.29, 1.82) is 0 Å². The maximum Gasteiger partial charge on any atom is 0.221 e. The van der Waals surface area contributed by atoms with Gasteiger partial charge in [-0.3, -0.25) is 0 Å². The number of anilines is 1. The third kappa shape index (κ3) is 2.27. The van der Waals surface area contributed by atoms with E-state index in [9.17, 15) is 0 Å². The van der Waals surface area contributed by atoms with Crippen molar-refractivity contribution in [3.63, 3.8) is 0 Å². The van der Waals surface area contributed by atoms with Gasteiger partial charge >= 0.3 is 0 Å². The van der Waals surface area contributed by atoms with Gasteiger partial charge in [0.05, 0.1) is 0 Å². The highest BCUT2D eigenvalue weighted by atomic mass is 32.1. The van der Waals surface area contributed by atoms with Crippen LogP contribution in [0.25, 0.3) is 20.8 Å². The Bertz CT molecular complexity index is 813. The maximum atomic E-state index is 3.51. The van der Waals surface area contributed by atoms with E-state index in [1.807, 2.05) is 11.3 Å². The van der Waals surface area contributed by atoms with Crippen molar-refractivity contribution in [2.75, 3.05) is 33.1 Å². The molecule has 3 nitrogen and oxygen atoms in total. The molecular weight excluding hydrogens is 266 g/mol. The predicted octanol–water partition coefficient (Wildman–Crippen LogP) is 1.92. The van der Waals surface area contributed by atoms with E-state index in [0.717, 1.165) is 0 Å². The molecule has 1 heterocycles. The van der Waals surface area contributed by atoms with Gasteiger partial charge in [-0.05, 0) is 12.1 Å². The number of H-pyrrole nitrogens is 1. The lowest BCUT2D eigenvalue weighted by atomic mass is 10.2. The minimum absolute atomic E-state index is 1.19. The summed E-state index contributed by atoms with van der Waals surface area (Å²) in [5.41, 5.74) is 3.60. The number of fused-ring (bicyclic) bond motifs is 2. The molecule has 3 rings (SSSR count). The van der Waals surface area contributed by atoms with Crippen molar-refractivity contribution < 1.29 is 4.98 Å². The highest BCUT2D eigenvalue weighted by Crippen LogP contribution is 2.28. The monoisotopic (exact) mass is 285 g/mol. The minimum Gasteiger partial charge on any atom is -0.378 e. The Morgan fingerprint density at radius 1 is 1.05 bits per heavy atom. The van der Waals surface area contributed by atoms with Gasteiger partial charge in [0, 0.05) is 44.0 Å². The van der Waals surface area contributed by atoms with Crippen LogP contribution in [-0.4, -0.2) is 28.2 Å². The van der Waals surface area contributed by atoms with Crippen molar-refractivity contribution in [3.05, 3.63) is 41.8 Å². The Morgan fingerprint density at radius 2 is 1.85 bits per heavy atom. The number of aromatic nitrogens is 1. The Morgan fingerprint density at radius 3 is 2.55 bits per heavy atom. The van der Waals surface area contributed by atoms with Crippen LogP contribution < -0.4 is 19.8 Å². The summed E-state index contributed by atoms with van der Waals surface area (Å²) in [6, 6.07) is 13.1. The van der Waals surface area contributed by atoms with Crippen LogP contribution in [0, 0.1) is 0 Å².